The van der Waals surface area contributed by atoms with Crippen LogP contribution in [0.1, 0.15) is 34.1 Å². The molecule has 7 nitrogen and oxygen atoms in total. The second-order valence-corrected chi connectivity index (χ2v) is 7.01. The van der Waals surface area contributed by atoms with Gasteiger partial charge in [0, 0.05) is 20.3 Å². The molecule has 2 aromatic rings. The molecule has 3 rings (SSSR count). The van der Waals surface area contributed by atoms with Gasteiger partial charge < -0.3 is 9.47 Å². The molecule has 2 heterocycles. The molecule has 2 aromatic heterocycles. The molecule has 0 bridgehead atoms. The fourth-order valence-corrected chi connectivity index (χ4v) is 4.27. The van der Waals surface area contributed by atoms with E-state index in [9.17, 15) is 14.4 Å². The molecule has 8 heteroatoms. The van der Waals surface area contributed by atoms with Crippen molar-refractivity contribution in [3.63, 3.8) is 0 Å². The van der Waals surface area contributed by atoms with Crippen LogP contribution in [-0.2, 0) is 16.0 Å². The van der Waals surface area contributed by atoms with Crippen molar-refractivity contribution in [2.24, 2.45) is 0 Å². The van der Waals surface area contributed by atoms with Crippen molar-refractivity contribution in [2.45, 2.75) is 38.5 Å². The van der Waals surface area contributed by atoms with Crippen LogP contribution in [0.4, 0.5) is 0 Å². The Morgan fingerprint density at radius 2 is 2.00 bits per heavy atom. The van der Waals surface area contributed by atoms with Gasteiger partial charge in [0.1, 0.15) is 4.83 Å². The summed E-state index contributed by atoms with van der Waals surface area (Å²) in [7, 11) is 3.19. The van der Waals surface area contributed by atoms with Gasteiger partial charge in [-0.05, 0) is 25.3 Å². The van der Waals surface area contributed by atoms with Crippen LogP contribution in [0.2, 0.25) is 0 Å². The van der Waals surface area contributed by atoms with Crippen molar-refractivity contribution in [2.75, 3.05) is 20.8 Å². The molecular weight excluding hydrogens is 332 g/mol. The summed E-state index contributed by atoms with van der Waals surface area (Å²) in [4.78, 5) is 38.1. The summed E-state index contributed by atoms with van der Waals surface area (Å²) in [5, 5.41) is 0.457. The van der Waals surface area contributed by atoms with Crippen LogP contribution >= 0.6 is 11.3 Å². The number of aryl methyl sites for hydroxylation is 1. The highest BCUT2D eigenvalue weighted by Crippen LogP contribution is 2.33. The second kappa shape index (κ2) is 6.62. The van der Waals surface area contributed by atoms with Gasteiger partial charge in [0.05, 0.1) is 29.5 Å². The Bertz CT molecular complexity index is 888. The maximum Gasteiger partial charge on any atom is 0.332 e. The predicted molar refractivity (Wildman–Crippen MR) is 91.4 cm³/mol. The lowest BCUT2D eigenvalue weighted by Gasteiger charge is -2.35. The van der Waals surface area contributed by atoms with E-state index in [1.807, 2.05) is 0 Å². The van der Waals surface area contributed by atoms with Crippen LogP contribution < -0.4 is 11.2 Å². The lowest BCUT2D eigenvalue weighted by atomic mass is 9.89. The molecule has 1 saturated carbocycles. The van der Waals surface area contributed by atoms with Crippen molar-refractivity contribution >= 4 is 27.8 Å². The topological polar surface area (TPSA) is 79.5 Å². The molecule has 0 atom stereocenters. The minimum atomic E-state index is -0.345. The van der Waals surface area contributed by atoms with E-state index in [0.29, 0.717) is 46.7 Å². The van der Waals surface area contributed by atoms with Crippen LogP contribution in [0.25, 0.3) is 10.2 Å². The quantitative estimate of drug-likeness (QED) is 0.733. The smallest absolute Gasteiger partial charge is 0.332 e. The Labute approximate surface area is 142 Å². The Morgan fingerprint density at radius 1 is 1.29 bits per heavy atom. The SMILES string of the molecule is COCCn1c(=O)n([C@H]2C[C@H](OC)C2)c(=O)c2c(C)c(C=O)sc21. The van der Waals surface area contributed by atoms with Crippen molar-refractivity contribution in [1.82, 2.24) is 9.13 Å². The second-order valence-electron chi connectivity index (χ2n) is 5.97. The van der Waals surface area contributed by atoms with Crippen LogP contribution in [0.3, 0.4) is 0 Å². The summed E-state index contributed by atoms with van der Waals surface area (Å²) in [6, 6.07) is -0.160. The Morgan fingerprint density at radius 3 is 2.58 bits per heavy atom. The summed E-state index contributed by atoms with van der Waals surface area (Å²) < 4.78 is 13.2. The standard InChI is InChI=1S/C16H20N2O5S/c1-9-12(8-19)24-15-13(9)14(20)18(10-6-11(7-10)23-3)16(21)17(15)4-5-22-2/h8,10-11H,4-7H2,1-3H3/t10-,11-. The van der Waals surface area contributed by atoms with Crippen LogP contribution in [0.15, 0.2) is 9.59 Å². The zero-order valence-electron chi connectivity index (χ0n) is 13.9. The number of hydrogen-bond acceptors (Lipinski definition) is 6. The Kier molecular flexibility index (Phi) is 4.71. The molecule has 0 saturated heterocycles. The maximum absolute atomic E-state index is 12.9. The first-order valence-corrected chi connectivity index (χ1v) is 8.60. The van der Waals surface area contributed by atoms with Crippen LogP contribution in [-0.4, -0.2) is 42.4 Å². The van der Waals surface area contributed by atoms with Crippen LogP contribution in [0.5, 0.6) is 0 Å². The summed E-state index contributed by atoms with van der Waals surface area (Å²) in [6.45, 7) is 2.44. The number of methoxy groups -OCH3 is 2. The van der Waals surface area contributed by atoms with Gasteiger partial charge >= 0.3 is 5.69 Å². The lowest BCUT2D eigenvalue weighted by Crippen LogP contribution is -2.47. The number of thiophene rings is 1. The van der Waals surface area contributed by atoms with E-state index < -0.39 is 0 Å². The van der Waals surface area contributed by atoms with Crippen molar-refractivity contribution in [3.05, 3.63) is 31.3 Å². The Hall–Kier alpha value is -1.77. The highest BCUT2D eigenvalue weighted by molar-refractivity contribution is 7.20. The summed E-state index contributed by atoms with van der Waals surface area (Å²) >= 11 is 1.18. The van der Waals surface area contributed by atoms with Crippen molar-refractivity contribution in [3.8, 4) is 0 Å². The number of ether oxygens (including phenoxy) is 2. The number of aldehydes is 1. The number of carbonyl (C=O) groups is 1. The molecule has 0 unspecified atom stereocenters. The number of hydrogen-bond donors (Lipinski definition) is 0. The van der Waals surface area contributed by atoms with Gasteiger partial charge in [0.15, 0.2) is 6.29 Å². The average Bonchev–Trinajstić information content (AvgIpc) is 2.86. The van der Waals surface area contributed by atoms with E-state index in [1.54, 1.807) is 25.7 Å². The van der Waals surface area contributed by atoms with E-state index in [-0.39, 0.29) is 23.4 Å². The third-order valence-electron chi connectivity index (χ3n) is 4.67. The predicted octanol–water partition coefficient (Wildman–Crippen LogP) is 1.34. The van der Waals surface area contributed by atoms with Gasteiger partial charge in [-0.1, -0.05) is 0 Å². The molecule has 1 aliphatic rings. The number of nitrogens with zero attached hydrogens (tertiary/aromatic N) is 2. The highest BCUT2D eigenvalue weighted by Gasteiger charge is 2.34. The van der Waals surface area contributed by atoms with Gasteiger partial charge in [-0.15, -0.1) is 11.3 Å². The molecule has 0 amide bonds. The largest absolute Gasteiger partial charge is 0.383 e. The summed E-state index contributed by atoms with van der Waals surface area (Å²) in [6.07, 6.45) is 2.11. The monoisotopic (exact) mass is 352 g/mol. The van der Waals surface area contributed by atoms with Crippen LogP contribution in [0, 0.1) is 6.92 Å². The van der Waals surface area contributed by atoms with E-state index in [0.717, 1.165) is 6.29 Å². The number of aromatic nitrogens is 2. The molecular formula is C16H20N2O5S. The fourth-order valence-electron chi connectivity index (χ4n) is 3.14. The first-order valence-electron chi connectivity index (χ1n) is 7.78. The third kappa shape index (κ3) is 2.54. The molecule has 0 N–H and O–H groups in total. The highest BCUT2D eigenvalue weighted by atomic mass is 32.1. The van der Waals surface area contributed by atoms with E-state index in [4.69, 9.17) is 9.47 Å². The molecule has 0 spiro atoms. The van der Waals surface area contributed by atoms with E-state index >= 15 is 0 Å². The van der Waals surface area contributed by atoms with Gasteiger partial charge in [0.25, 0.3) is 5.56 Å². The molecule has 24 heavy (non-hydrogen) atoms. The van der Waals surface area contributed by atoms with Gasteiger partial charge in [-0.3, -0.25) is 18.7 Å². The normalized spacial score (nSPS) is 20.3. The summed E-state index contributed by atoms with van der Waals surface area (Å²) in [5.74, 6) is 0. The van der Waals surface area contributed by atoms with E-state index in [2.05, 4.69) is 0 Å². The number of fused-ring (bicyclic) bond motifs is 1. The van der Waals surface area contributed by atoms with Gasteiger partial charge in [-0.25, -0.2) is 4.79 Å². The molecule has 0 radical (unpaired) electrons. The first kappa shape index (κ1) is 17.1. The molecule has 0 aliphatic heterocycles. The lowest BCUT2D eigenvalue weighted by molar-refractivity contribution is 0.00357. The Balaban J connectivity index is 2.24. The minimum Gasteiger partial charge on any atom is -0.383 e. The maximum atomic E-state index is 12.9. The van der Waals surface area contributed by atoms with Gasteiger partial charge in [0.2, 0.25) is 0 Å². The molecule has 130 valence electrons. The third-order valence-corrected chi connectivity index (χ3v) is 5.91. The summed E-state index contributed by atoms with van der Waals surface area (Å²) in [5.41, 5.74) is -0.0228. The number of rotatable bonds is 6. The molecule has 0 aromatic carbocycles. The molecule has 1 aliphatic carbocycles. The minimum absolute atomic E-state index is 0.0820. The zero-order chi connectivity index (χ0) is 17.4. The average molecular weight is 352 g/mol. The van der Waals surface area contributed by atoms with Crippen molar-refractivity contribution < 1.29 is 14.3 Å². The van der Waals surface area contributed by atoms with Crippen molar-refractivity contribution in [1.29, 1.82) is 0 Å². The van der Waals surface area contributed by atoms with Gasteiger partial charge in [-0.2, -0.15) is 0 Å². The number of carbonyl (C=O) groups excluding carboxylic acids is 1. The first-order chi connectivity index (χ1) is 11.5. The van der Waals surface area contributed by atoms with E-state index in [1.165, 1.54) is 15.9 Å². The fraction of sp³-hybridized carbons (Fsp3) is 0.562. The zero-order valence-corrected chi connectivity index (χ0v) is 14.7. The molecule has 1 fully saturated rings.